The molecule has 0 aromatic heterocycles. The van der Waals surface area contributed by atoms with Gasteiger partial charge >= 0.3 is 0 Å². The zero-order valence-electron chi connectivity index (χ0n) is 16.1. The second kappa shape index (κ2) is 7.43. The average molecular weight is 366 g/mol. The number of hydrogen-bond donors (Lipinski definition) is 0. The van der Waals surface area contributed by atoms with Crippen molar-refractivity contribution < 1.29 is 9.18 Å². The number of para-hydroxylation sites is 1. The van der Waals surface area contributed by atoms with Crippen molar-refractivity contribution in [2.75, 3.05) is 31.6 Å². The maximum absolute atomic E-state index is 13.0. The third-order valence-corrected chi connectivity index (χ3v) is 6.22. The second-order valence-electron chi connectivity index (χ2n) is 7.92. The van der Waals surface area contributed by atoms with Crippen molar-refractivity contribution >= 4 is 11.5 Å². The highest BCUT2D eigenvalue weighted by atomic mass is 19.1. The molecular formula is C23H27FN2O. The maximum Gasteiger partial charge on any atom is 0.162 e. The predicted octanol–water partition coefficient (Wildman–Crippen LogP) is 4.40. The van der Waals surface area contributed by atoms with Crippen molar-refractivity contribution in [1.82, 2.24) is 4.90 Å². The second-order valence-corrected chi connectivity index (χ2v) is 7.92. The molecule has 4 rings (SSSR count). The molecule has 0 bridgehead atoms. The van der Waals surface area contributed by atoms with Gasteiger partial charge in [-0.2, -0.15) is 0 Å². The van der Waals surface area contributed by atoms with E-state index < -0.39 is 0 Å². The Morgan fingerprint density at radius 2 is 1.96 bits per heavy atom. The van der Waals surface area contributed by atoms with E-state index in [4.69, 9.17) is 0 Å². The van der Waals surface area contributed by atoms with Crippen molar-refractivity contribution in [3.8, 4) is 0 Å². The molecule has 0 saturated carbocycles. The van der Waals surface area contributed by atoms with Crippen LogP contribution in [0, 0.1) is 12.7 Å². The number of rotatable bonds is 5. The Morgan fingerprint density at radius 3 is 2.74 bits per heavy atom. The fourth-order valence-corrected chi connectivity index (χ4v) is 4.85. The van der Waals surface area contributed by atoms with Crippen LogP contribution in [0.25, 0.3) is 0 Å². The van der Waals surface area contributed by atoms with Gasteiger partial charge < -0.3 is 9.80 Å². The molecule has 3 nitrogen and oxygen atoms in total. The van der Waals surface area contributed by atoms with Gasteiger partial charge in [0, 0.05) is 49.8 Å². The lowest BCUT2D eigenvalue weighted by Gasteiger charge is -2.37. The minimum absolute atomic E-state index is 0.103. The van der Waals surface area contributed by atoms with Crippen LogP contribution in [-0.4, -0.2) is 43.4 Å². The number of anilines is 1. The fourth-order valence-electron chi connectivity index (χ4n) is 4.85. The number of carbonyl (C=O) groups excluding carboxylic acids is 1. The normalized spacial score (nSPS) is 21.8. The van der Waals surface area contributed by atoms with E-state index in [1.165, 1.54) is 35.4 Å². The van der Waals surface area contributed by atoms with Gasteiger partial charge in [-0.25, -0.2) is 4.39 Å². The molecule has 1 fully saturated rings. The van der Waals surface area contributed by atoms with E-state index in [-0.39, 0.29) is 11.6 Å². The van der Waals surface area contributed by atoms with E-state index in [9.17, 15) is 9.18 Å². The van der Waals surface area contributed by atoms with Crippen LogP contribution in [-0.2, 0) is 0 Å². The van der Waals surface area contributed by atoms with E-state index in [0.29, 0.717) is 23.9 Å². The average Bonchev–Trinajstić information content (AvgIpc) is 2.95. The highest BCUT2D eigenvalue weighted by Crippen LogP contribution is 2.45. The lowest BCUT2D eigenvalue weighted by molar-refractivity contribution is 0.0971. The minimum atomic E-state index is -0.300. The summed E-state index contributed by atoms with van der Waals surface area (Å²) in [7, 11) is 2.23. The molecule has 2 unspecified atom stereocenters. The zero-order valence-corrected chi connectivity index (χ0v) is 16.1. The molecule has 0 spiro atoms. The van der Waals surface area contributed by atoms with Gasteiger partial charge in [-0.05, 0) is 61.7 Å². The summed E-state index contributed by atoms with van der Waals surface area (Å²) in [6, 6.07) is 13.1. The van der Waals surface area contributed by atoms with Crippen molar-refractivity contribution in [3.63, 3.8) is 0 Å². The quantitative estimate of drug-likeness (QED) is 0.733. The van der Waals surface area contributed by atoms with Gasteiger partial charge in [-0.3, -0.25) is 4.79 Å². The summed E-state index contributed by atoms with van der Waals surface area (Å²) in [4.78, 5) is 17.3. The molecular weight excluding hydrogens is 339 g/mol. The molecule has 0 radical (unpaired) electrons. The summed E-state index contributed by atoms with van der Waals surface area (Å²) in [5, 5.41) is 0. The summed E-state index contributed by atoms with van der Waals surface area (Å²) in [5.41, 5.74) is 4.87. The molecule has 27 heavy (non-hydrogen) atoms. The van der Waals surface area contributed by atoms with Crippen LogP contribution in [0.5, 0.6) is 0 Å². The number of likely N-dealkylation sites (N-methyl/N-ethyl adjacent to an activating group) is 1. The Morgan fingerprint density at radius 1 is 1.19 bits per heavy atom. The maximum atomic E-state index is 13.0. The van der Waals surface area contributed by atoms with Crippen LogP contribution in [0.4, 0.5) is 10.1 Å². The Labute approximate surface area is 160 Å². The van der Waals surface area contributed by atoms with Gasteiger partial charge in [0.2, 0.25) is 0 Å². The molecule has 4 heteroatoms. The van der Waals surface area contributed by atoms with Crippen LogP contribution in [0.3, 0.4) is 0 Å². The van der Waals surface area contributed by atoms with Gasteiger partial charge in [-0.1, -0.05) is 18.2 Å². The van der Waals surface area contributed by atoms with Gasteiger partial charge in [0.15, 0.2) is 5.78 Å². The van der Waals surface area contributed by atoms with Gasteiger partial charge in [0.25, 0.3) is 0 Å². The number of benzene rings is 2. The molecule has 2 atom stereocenters. The molecule has 2 aromatic rings. The summed E-state index contributed by atoms with van der Waals surface area (Å²) < 4.78 is 13.0. The van der Waals surface area contributed by atoms with Crippen molar-refractivity contribution in [2.45, 2.75) is 38.1 Å². The van der Waals surface area contributed by atoms with E-state index >= 15 is 0 Å². The van der Waals surface area contributed by atoms with Crippen molar-refractivity contribution in [1.29, 1.82) is 0 Å². The summed E-state index contributed by atoms with van der Waals surface area (Å²) in [6.45, 7) is 5.30. The third kappa shape index (κ3) is 3.51. The van der Waals surface area contributed by atoms with Gasteiger partial charge in [0.1, 0.15) is 5.82 Å². The number of likely N-dealkylation sites (tertiary alicyclic amines) is 1. The SMILES string of the molecule is Cc1cccc2c1N(C)C1CCN(CCCC(=O)c3ccc(F)cc3)CC21. The van der Waals surface area contributed by atoms with E-state index in [1.807, 2.05) is 0 Å². The number of aryl methyl sites for hydroxylation is 1. The van der Waals surface area contributed by atoms with E-state index in [2.05, 4.69) is 42.0 Å². The summed E-state index contributed by atoms with van der Waals surface area (Å²) in [5.74, 6) is 0.365. The lowest BCUT2D eigenvalue weighted by Crippen LogP contribution is -2.45. The first kappa shape index (κ1) is 18.2. The van der Waals surface area contributed by atoms with Gasteiger partial charge in [0.05, 0.1) is 0 Å². The third-order valence-electron chi connectivity index (χ3n) is 6.22. The minimum Gasteiger partial charge on any atom is -0.370 e. The van der Waals surface area contributed by atoms with E-state index in [0.717, 1.165) is 26.1 Å². The first-order valence-electron chi connectivity index (χ1n) is 9.88. The number of carbonyl (C=O) groups is 1. The van der Waals surface area contributed by atoms with Crippen molar-refractivity contribution in [3.05, 3.63) is 65.0 Å². The largest absolute Gasteiger partial charge is 0.370 e. The Hall–Kier alpha value is -2.20. The van der Waals surface area contributed by atoms with Crippen LogP contribution in [0.1, 0.15) is 46.7 Å². The molecule has 2 aromatic carbocycles. The Bertz CT molecular complexity index is 833. The molecule has 0 amide bonds. The number of fused-ring (bicyclic) bond motifs is 3. The molecule has 2 aliphatic heterocycles. The number of ketones is 1. The number of Topliss-reactive ketones (excluding diaryl/α,β-unsaturated/α-hetero) is 1. The molecule has 1 saturated heterocycles. The number of nitrogens with zero attached hydrogens (tertiary/aromatic N) is 2. The zero-order chi connectivity index (χ0) is 19.0. The first-order chi connectivity index (χ1) is 13.0. The fraction of sp³-hybridized carbons (Fsp3) is 0.435. The van der Waals surface area contributed by atoms with Crippen LogP contribution in [0.15, 0.2) is 42.5 Å². The lowest BCUT2D eigenvalue weighted by atomic mass is 9.88. The first-order valence-corrected chi connectivity index (χ1v) is 9.88. The van der Waals surface area contributed by atoms with E-state index in [1.54, 1.807) is 12.1 Å². The summed E-state index contributed by atoms with van der Waals surface area (Å²) in [6.07, 6.45) is 2.54. The molecule has 142 valence electrons. The van der Waals surface area contributed by atoms with Crippen LogP contribution < -0.4 is 4.90 Å². The van der Waals surface area contributed by atoms with Crippen LogP contribution >= 0.6 is 0 Å². The monoisotopic (exact) mass is 366 g/mol. The highest BCUT2D eigenvalue weighted by Gasteiger charge is 2.40. The molecule has 2 aliphatic rings. The summed E-state index contributed by atoms with van der Waals surface area (Å²) >= 11 is 0. The van der Waals surface area contributed by atoms with Crippen LogP contribution in [0.2, 0.25) is 0 Å². The predicted molar refractivity (Wildman–Crippen MR) is 107 cm³/mol. The molecule has 2 heterocycles. The number of halogens is 1. The Balaban J connectivity index is 1.34. The topological polar surface area (TPSA) is 23.6 Å². The number of hydrogen-bond acceptors (Lipinski definition) is 3. The Kier molecular flexibility index (Phi) is 5.00. The molecule has 0 N–H and O–H groups in total. The number of piperidine rings is 1. The molecule has 0 aliphatic carbocycles. The smallest absolute Gasteiger partial charge is 0.162 e. The highest BCUT2D eigenvalue weighted by molar-refractivity contribution is 5.95. The van der Waals surface area contributed by atoms with Gasteiger partial charge in [-0.15, -0.1) is 0 Å². The van der Waals surface area contributed by atoms with Crippen molar-refractivity contribution in [2.24, 2.45) is 0 Å². The standard InChI is InChI=1S/C23H27FN2O/c1-16-5-3-6-19-20-15-26(14-12-21(20)25(2)23(16)19)13-4-7-22(27)17-8-10-18(24)11-9-17/h3,5-6,8-11,20-21H,4,7,12-15H2,1-2H3.